The van der Waals surface area contributed by atoms with E-state index in [1.54, 1.807) is 6.92 Å². The van der Waals surface area contributed by atoms with Crippen molar-refractivity contribution in [1.82, 2.24) is 25.9 Å². The highest BCUT2D eigenvalue weighted by molar-refractivity contribution is 5.99. The fourth-order valence-corrected chi connectivity index (χ4v) is 1.59. The summed E-state index contributed by atoms with van der Waals surface area (Å²) in [4.78, 5) is 22.3. The van der Waals surface area contributed by atoms with E-state index >= 15 is 0 Å². The van der Waals surface area contributed by atoms with Gasteiger partial charge in [-0.2, -0.15) is 5.21 Å². The van der Waals surface area contributed by atoms with Gasteiger partial charge in [0.05, 0.1) is 11.0 Å². The van der Waals surface area contributed by atoms with Gasteiger partial charge >= 0.3 is 0 Å². The Morgan fingerprint density at radius 3 is 2.90 bits per heavy atom. The third-order valence-corrected chi connectivity index (χ3v) is 2.56. The zero-order valence-corrected chi connectivity index (χ0v) is 10.4. The second-order valence-corrected chi connectivity index (χ2v) is 4.00. The highest BCUT2D eigenvalue weighted by Crippen LogP contribution is 2.21. The average molecular weight is 277 g/mol. The van der Waals surface area contributed by atoms with Crippen LogP contribution in [0.15, 0.2) is 18.2 Å². The lowest BCUT2D eigenvalue weighted by Crippen LogP contribution is -2.28. The number of aromatic nitrogens is 4. The van der Waals surface area contributed by atoms with E-state index in [1.165, 1.54) is 18.2 Å². The van der Waals surface area contributed by atoms with Crippen LogP contribution >= 0.6 is 0 Å². The van der Waals surface area contributed by atoms with E-state index in [2.05, 4.69) is 25.9 Å². The Morgan fingerprint density at radius 2 is 2.30 bits per heavy atom. The number of hydrogen-bond donors (Lipinski definition) is 3. The van der Waals surface area contributed by atoms with Crippen LogP contribution in [0.1, 0.15) is 29.1 Å². The molecule has 2 aromatic rings. The number of nitrogens with zero attached hydrogens (tertiary/aromatic N) is 4. The van der Waals surface area contributed by atoms with Gasteiger partial charge in [-0.3, -0.25) is 14.9 Å². The largest absolute Gasteiger partial charge is 0.399 e. The summed E-state index contributed by atoms with van der Waals surface area (Å²) in [7, 11) is 0. The smallest absolute Gasteiger partial charge is 0.282 e. The highest BCUT2D eigenvalue weighted by atomic mass is 16.6. The quantitative estimate of drug-likeness (QED) is 0.409. The molecule has 0 aliphatic carbocycles. The third-order valence-electron chi connectivity index (χ3n) is 2.56. The monoisotopic (exact) mass is 277 g/mol. The van der Waals surface area contributed by atoms with E-state index in [1.807, 2.05) is 0 Å². The van der Waals surface area contributed by atoms with Crippen LogP contribution in [-0.4, -0.2) is 31.5 Å². The molecule has 4 N–H and O–H groups in total. The Bertz CT molecular complexity index is 640. The number of benzene rings is 1. The van der Waals surface area contributed by atoms with Crippen LogP contribution in [0.25, 0.3) is 0 Å². The highest BCUT2D eigenvalue weighted by Gasteiger charge is 2.22. The van der Waals surface area contributed by atoms with Gasteiger partial charge in [0.25, 0.3) is 11.6 Å². The molecule has 10 heteroatoms. The van der Waals surface area contributed by atoms with Crippen molar-refractivity contribution < 1.29 is 9.72 Å². The van der Waals surface area contributed by atoms with E-state index in [0.29, 0.717) is 0 Å². The minimum Gasteiger partial charge on any atom is -0.399 e. The molecular formula is C10H11N7O3. The number of rotatable bonds is 4. The van der Waals surface area contributed by atoms with E-state index in [4.69, 9.17) is 5.73 Å². The number of aromatic amines is 1. The van der Waals surface area contributed by atoms with Gasteiger partial charge in [0, 0.05) is 11.8 Å². The molecule has 0 fully saturated rings. The second-order valence-electron chi connectivity index (χ2n) is 4.00. The zero-order chi connectivity index (χ0) is 14.7. The molecular weight excluding hydrogens is 266 g/mol. The number of hydrogen-bond acceptors (Lipinski definition) is 7. The Hall–Kier alpha value is -3.04. The molecule has 0 spiro atoms. The molecule has 10 nitrogen and oxygen atoms in total. The number of nitrogen functional groups attached to an aromatic ring is 1. The van der Waals surface area contributed by atoms with Gasteiger partial charge in [0.15, 0.2) is 5.82 Å². The lowest BCUT2D eigenvalue weighted by molar-refractivity contribution is -0.385. The molecule has 104 valence electrons. The first kappa shape index (κ1) is 13.4. The minimum absolute atomic E-state index is 0.120. The number of carbonyl (C=O) groups is 1. The number of H-pyrrole nitrogens is 1. The van der Waals surface area contributed by atoms with Crippen LogP contribution in [0, 0.1) is 10.1 Å². The molecule has 1 aromatic heterocycles. The predicted molar refractivity (Wildman–Crippen MR) is 67.6 cm³/mol. The van der Waals surface area contributed by atoms with Crippen molar-refractivity contribution in [3.63, 3.8) is 0 Å². The average Bonchev–Trinajstić information content (AvgIpc) is 2.92. The Balaban J connectivity index is 2.25. The van der Waals surface area contributed by atoms with Crippen molar-refractivity contribution in [2.24, 2.45) is 0 Å². The molecule has 0 saturated carbocycles. The van der Waals surface area contributed by atoms with Crippen LogP contribution in [0.5, 0.6) is 0 Å². The standard InChI is InChI=1S/C10H11N7O3/c1-5(9-13-15-16-14-9)12-10(18)7-4-6(11)2-3-8(7)17(19)20/h2-5H,11H2,1H3,(H,12,18)(H,13,14,15,16). The number of anilines is 1. The SMILES string of the molecule is CC(NC(=O)c1cc(N)ccc1[N+](=O)[O-])c1nn[nH]n1. The summed E-state index contributed by atoms with van der Waals surface area (Å²) in [5.74, 6) is -0.369. The van der Waals surface area contributed by atoms with Crippen molar-refractivity contribution in [3.05, 3.63) is 39.7 Å². The third kappa shape index (κ3) is 2.68. The summed E-state index contributed by atoms with van der Waals surface area (Å²) in [5.41, 5.74) is 5.36. The molecule has 1 heterocycles. The van der Waals surface area contributed by atoms with Crippen LogP contribution in [-0.2, 0) is 0 Å². The Morgan fingerprint density at radius 1 is 1.55 bits per heavy atom. The van der Waals surface area contributed by atoms with Crippen molar-refractivity contribution in [1.29, 1.82) is 0 Å². The van der Waals surface area contributed by atoms with E-state index in [0.717, 1.165) is 0 Å². The molecule has 0 aliphatic rings. The van der Waals surface area contributed by atoms with Crippen molar-refractivity contribution in [2.75, 3.05) is 5.73 Å². The maximum atomic E-state index is 12.1. The fraction of sp³-hybridized carbons (Fsp3) is 0.200. The van der Waals surface area contributed by atoms with E-state index in [9.17, 15) is 14.9 Å². The number of nitrogens with two attached hydrogens (primary N) is 1. The van der Waals surface area contributed by atoms with Crippen LogP contribution in [0.2, 0.25) is 0 Å². The molecule has 2 rings (SSSR count). The number of carbonyl (C=O) groups excluding carboxylic acids is 1. The molecule has 0 aliphatic heterocycles. The van der Waals surface area contributed by atoms with Crippen LogP contribution in [0.4, 0.5) is 11.4 Å². The van der Waals surface area contributed by atoms with Crippen molar-refractivity contribution >= 4 is 17.3 Å². The second kappa shape index (κ2) is 5.30. The number of nitro benzene ring substituents is 1. The van der Waals surface area contributed by atoms with Gasteiger partial charge in [-0.1, -0.05) is 5.21 Å². The van der Waals surface area contributed by atoms with Crippen LogP contribution in [0.3, 0.4) is 0 Å². The molecule has 0 radical (unpaired) electrons. The normalized spacial score (nSPS) is 11.8. The molecule has 0 saturated heterocycles. The molecule has 1 atom stereocenters. The van der Waals surface area contributed by atoms with Crippen LogP contribution < -0.4 is 11.1 Å². The molecule has 20 heavy (non-hydrogen) atoms. The number of tetrazole rings is 1. The predicted octanol–water partition coefficient (Wildman–Crippen LogP) is 0.181. The summed E-state index contributed by atoms with van der Waals surface area (Å²) < 4.78 is 0. The molecule has 1 aromatic carbocycles. The molecule has 1 unspecified atom stereocenters. The first-order valence-corrected chi connectivity index (χ1v) is 5.57. The Labute approximate surface area is 112 Å². The summed E-state index contributed by atoms with van der Waals surface area (Å²) >= 11 is 0. The molecule has 0 bridgehead atoms. The van der Waals surface area contributed by atoms with Gasteiger partial charge in [-0.15, -0.1) is 10.2 Å². The van der Waals surface area contributed by atoms with Gasteiger partial charge in [-0.25, -0.2) is 0 Å². The Kier molecular flexibility index (Phi) is 3.55. The number of amides is 1. The van der Waals surface area contributed by atoms with Gasteiger partial charge in [0.2, 0.25) is 0 Å². The lowest BCUT2D eigenvalue weighted by Gasteiger charge is -2.10. The maximum absolute atomic E-state index is 12.1. The summed E-state index contributed by atoms with van der Waals surface area (Å²) in [6.45, 7) is 1.63. The number of nitro groups is 1. The summed E-state index contributed by atoms with van der Waals surface area (Å²) in [5, 5.41) is 26.5. The van der Waals surface area contributed by atoms with E-state index in [-0.39, 0.29) is 22.8 Å². The van der Waals surface area contributed by atoms with Crippen molar-refractivity contribution in [3.8, 4) is 0 Å². The minimum atomic E-state index is -0.645. The fourth-order valence-electron chi connectivity index (χ4n) is 1.59. The van der Waals surface area contributed by atoms with Gasteiger partial charge in [0.1, 0.15) is 5.56 Å². The zero-order valence-electron chi connectivity index (χ0n) is 10.4. The summed E-state index contributed by atoms with van der Waals surface area (Å²) in [6, 6.07) is 3.24. The maximum Gasteiger partial charge on any atom is 0.282 e. The number of nitrogens with one attached hydrogen (secondary N) is 2. The van der Waals surface area contributed by atoms with Gasteiger partial charge in [-0.05, 0) is 19.1 Å². The topological polar surface area (TPSA) is 153 Å². The van der Waals surface area contributed by atoms with Crippen molar-refractivity contribution in [2.45, 2.75) is 13.0 Å². The summed E-state index contributed by atoms with van der Waals surface area (Å²) in [6.07, 6.45) is 0. The first-order valence-electron chi connectivity index (χ1n) is 5.57. The lowest BCUT2D eigenvalue weighted by atomic mass is 10.1. The first-order chi connectivity index (χ1) is 9.49. The van der Waals surface area contributed by atoms with E-state index < -0.39 is 16.9 Å². The molecule has 1 amide bonds. The van der Waals surface area contributed by atoms with Gasteiger partial charge < -0.3 is 11.1 Å².